The van der Waals surface area contributed by atoms with Crippen molar-refractivity contribution in [3.05, 3.63) is 23.8 Å². The molecule has 1 saturated heterocycles. The van der Waals surface area contributed by atoms with E-state index in [4.69, 9.17) is 5.73 Å². The van der Waals surface area contributed by atoms with E-state index < -0.39 is 11.9 Å². The fourth-order valence-electron chi connectivity index (χ4n) is 3.50. The van der Waals surface area contributed by atoms with E-state index in [1.54, 1.807) is 6.20 Å². The van der Waals surface area contributed by atoms with Crippen LogP contribution in [0.2, 0.25) is 0 Å². The molecular weight excluding hydrogens is 364 g/mol. The van der Waals surface area contributed by atoms with E-state index in [-0.39, 0.29) is 11.9 Å². The zero-order chi connectivity index (χ0) is 19.1. The number of aromatic nitrogens is 3. The van der Waals surface area contributed by atoms with Crippen LogP contribution in [0.1, 0.15) is 43.6 Å². The van der Waals surface area contributed by atoms with Crippen molar-refractivity contribution in [2.75, 3.05) is 11.9 Å². The van der Waals surface area contributed by atoms with Gasteiger partial charge in [0.15, 0.2) is 5.13 Å². The number of nitrogens with one attached hydrogen (secondary N) is 1. The largest absolute Gasteiger partial charge is 0.368 e. The molecule has 9 heteroatoms. The average molecular weight is 386 g/mol. The summed E-state index contributed by atoms with van der Waals surface area (Å²) in [6.07, 6.45) is 4.81. The van der Waals surface area contributed by atoms with Gasteiger partial charge in [-0.15, -0.1) is 0 Å². The Balaban J connectivity index is 1.52. The van der Waals surface area contributed by atoms with Crippen molar-refractivity contribution >= 4 is 28.4 Å². The predicted molar refractivity (Wildman–Crippen MR) is 102 cm³/mol. The summed E-state index contributed by atoms with van der Waals surface area (Å²) >= 11 is 1.37. The monoisotopic (exact) mass is 386 g/mol. The minimum Gasteiger partial charge on any atom is -0.368 e. The maximum atomic E-state index is 12.6. The van der Waals surface area contributed by atoms with Gasteiger partial charge in [0.25, 0.3) is 0 Å². The van der Waals surface area contributed by atoms with E-state index in [2.05, 4.69) is 20.3 Å². The molecule has 8 nitrogen and oxygen atoms in total. The summed E-state index contributed by atoms with van der Waals surface area (Å²) in [4.78, 5) is 40.2. The Morgan fingerprint density at radius 2 is 2.07 bits per heavy atom. The SMILES string of the molecule is Cc1nc(NC(=O)N2CC[C@H](C)[C@H]2C(N)=O)sc1-c1ccnc(C2CC2)n1. The number of rotatable bonds is 4. The van der Waals surface area contributed by atoms with Gasteiger partial charge in [-0.1, -0.05) is 18.3 Å². The van der Waals surface area contributed by atoms with Crippen LogP contribution in [-0.4, -0.2) is 44.4 Å². The molecule has 3 N–H and O–H groups in total. The summed E-state index contributed by atoms with van der Waals surface area (Å²) < 4.78 is 0. The van der Waals surface area contributed by atoms with Gasteiger partial charge in [-0.3, -0.25) is 10.1 Å². The van der Waals surface area contributed by atoms with E-state index in [1.807, 2.05) is 19.9 Å². The number of hydrogen-bond donors (Lipinski definition) is 2. The molecule has 1 aliphatic heterocycles. The Labute approximate surface area is 161 Å². The number of likely N-dealkylation sites (tertiary alicyclic amines) is 1. The van der Waals surface area contributed by atoms with Gasteiger partial charge in [0.1, 0.15) is 11.9 Å². The summed E-state index contributed by atoms with van der Waals surface area (Å²) in [5.74, 6) is 0.935. The van der Waals surface area contributed by atoms with Gasteiger partial charge < -0.3 is 10.6 Å². The van der Waals surface area contributed by atoms with Gasteiger partial charge >= 0.3 is 6.03 Å². The van der Waals surface area contributed by atoms with E-state index in [9.17, 15) is 9.59 Å². The molecule has 0 radical (unpaired) electrons. The highest BCUT2D eigenvalue weighted by molar-refractivity contribution is 7.19. The maximum Gasteiger partial charge on any atom is 0.324 e. The Bertz CT molecular complexity index is 894. The van der Waals surface area contributed by atoms with Crippen molar-refractivity contribution in [2.24, 2.45) is 11.7 Å². The molecule has 2 atom stereocenters. The van der Waals surface area contributed by atoms with Gasteiger partial charge in [0.2, 0.25) is 5.91 Å². The summed E-state index contributed by atoms with van der Waals surface area (Å²) in [6, 6.07) is 0.946. The number of anilines is 1. The lowest BCUT2D eigenvalue weighted by molar-refractivity contribution is -0.122. The summed E-state index contributed by atoms with van der Waals surface area (Å²) in [5.41, 5.74) is 7.10. The van der Waals surface area contributed by atoms with E-state index in [1.165, 1.54) is 16.2 Å². The molecule has 4 rings (SSSR count). The van der Waals surface area contributed by atoms with Crippen LogP contribution in [-0.2, 0) is 4.79 Å². The molecular formula is C18H22N6O2S. The topological polar surface area (TPSA) is 114 Å². The van der Waals surface area contributed by atoms with Crippen molar-refractivity contribution in [2.45, 2.75) is 45.1 Å². The highest BCUT2D eigenvalue weighted by atomic mass is 32.1. The molecule has 3 amide bonds. The molecule has 0 spiro atoms. The molecule has 2 fully saturated rings. The number of hydrogen-bond acceptors (Lipinski definition) is 6. The number of nitrogens with two attached hydrogens (primary N) is 1. The quantitative estimate of drug-likeness (QED) is 0.838. The average Bonchev–Trinajstić information content (AvgIpc) is 3.31. The molecule has 1 saturated carbocycles. The maximum absolute atomic E-state index is 12.6. The number of carbonyl (C=O) groups is 2. The van der Waals surface area contributed by atoms with Crippen LogP contribution in [0.4, 0.5) is 9.93 Å². The first kappa shape index (κ1) is 17.8. The number of nitrogens with zero attached hydrogens (tertiary/aromatic N) is 4. The number of aryl methyl sites for hydroxylation is 1. The molecule has 1 aliphatic carbocycles. The number of urea groups is 1. The highest BCUT2D eigenvalue weighted by Gasteiger charge is 2.38. The zero-order valence-electron chi connectivity index (χ0n) is 15.3. The highest BCUT2D eigenvalue weighted by Crippen LogP contribution is 2.39. The van der Waals surface area contributed by atoms with Crippen LogP contribution in [0.15, 0.2) is 12.3 Å². The fraction of sp³-hybridized carbons (Fsp3) is 0.500. The van der Waals surface area contributed by atoms with Gasteiger partial charge in [-0.05, 0) is 38.2 Å². The Morgan fingerprint density at radius 3 is 2.78 bits per heavy atom. The van der Waals surface area contributed by atoms with Gasteiger partial charge in [0.05, 0.1) is 16.3 Å². The Hall–Kier alpha value is -2.55. The first-order chi connectivity index (χ1) is 12.9. The second-order valence-corrected chi connectivity index (χ2v) is 8.24. The second kappa shape index (κ2) is 6.88. The van der Waals surface area contributed by atoms with Crippen LogP contribution >= 0.6 is 11.3 Å². The minimum absolute atomic E-state index is 0.0590. The lowest BCUT2D eigenvalue weighted by Gasteiger charge is -2.23. The molecule has 27 heavy (non-hydrogen) atoms. The number of carbonyl (C=O) groups excluding carboxylic acids is 2. The lowest BCUT2D eigenvalue weighted by atomic mass is 10.0. The van der Waals surface area contributed by atoms with Crippen molar-refractivity contribution in [3.8, 4) is 10.6 Å². The van der Waals surface area contributed by atoms with E-state index in [0.717, 1.165) is 41.4 Å². The van der Waals surface area contributed by atoms with Crippen molar-refractivity contribution in [3.63, 3.8) is 0 Å². The van der Waals surface area contributed by atoms with Crippen LogP contribution in [0.3, 0.4) is 0 Å². The molecule has 2 aromatic heterocycles. The van der Waals surface area contributed by atoms with E-state index in [0.29, 0.717) is 17.6 Å². The summed E-state index contributed by atoms with van der Waals surface area (Å²) in [7, 11) is 0. The van der Waals surface area contributed by atoms with Crippen molar-refractivity contribution in [1.82, 2.24) is 19.9 Å². The smallest absolute Gasteiger partial charge is 0.324 e. The molecule has 0 bridgehead atoms. The molecule has 2 aromatic rings. The van der Waals surface area contributed by atoms with Crippen molar-refractivity contribution < 1.29 is 9.59 Å². The molecule has 0 unspecified atom stereocenters. The summed E-state index contributed by atoms with van der Waals surface area (Å²) in [5, 5.41) is 3.30. The number of amides is 3. The summed E-state index contributed by atoms with van der Waals surface area (Å²) in [6.45, 7) is 4.33. The Kier molecular flexibility index (Phi) is 4.55. The second-order valence-electron chi connectivity index (χ2n) is 7.24. The molecule has 0 aromatic carbocycles. The molecule has 3 heterocycles. The first-order valence-corrected chi connectivity index (χ1v) is 9.93. The van der Waals surface area contributed by atoms with E-state index >= 15 is 0 Å². The van der Waals surface area contributed by atoms with Crippen LogP contribution < -0.4 is 11.1 Å². The van der Waals surface area contributed by atoms with Crippen LogP contribution in [0.5, 0.6) is 0 Å². The number of thiazole rings is 1. The minimum atomic E-state index is -0.575. The Morgan fingerprint density at radius 1 is 1.30 bits per heavy atom. The van der Waals surface area contributed by atoms with Crippen molar-refractivity contribution in [1.29, 1.82) is 0 Å². The number of primary amides is 1. The third-order valence-electron chi connectivity index (χ3n) is 5.11. The predicted octanol–water partition coefficient (Wildman–Crippen LogP) is 2.51. The van der Waals surface area contributed by atoms with Gasteiger partial charge in [-0.25, -0.2) is 19.7 Å². The zero-order valence-corrected chi connectivity index (χ0v) is 16.1. The molecule has 2 aliphatic rings. The lowest BCUT2D eigenvalue weighted by Crippen LogP contribution is -2.47. The van der Waals surface area contributed by atoms with Crippen LogP contribution in [0.25, 0.3) is 10.6 Å². The first-order valence-electron chi connectivity index (χ1n) is 9.11. The molecule has 142 valence electrons. The van der Waals surface area contributed by atoms with Gasteiger partial charge in [-0.2, -0.15) is 0 Å². The third-order valence-corrected chi connectivity index (χ3v) is 6.21. The normalized spacial score (nSPS) is 22.1. The van der Waals surface area contributed by atoms with Gasteiger partial charge in [0, 0.05) is 18.7 Å². The third kappa shape index (κ3) is 3.51. The fourth-order valence-corrected chi connectivity index (χ4v) is 4.42. The van der Waals surface area contributed by atoms with Crippen LogP contribution in [0, 0.1) is 12.8 Å². The standard InChI is InChI=1S/C18H22N6O2S/c1-9-6-8-24(13(9)15(19)25)18(26)23-17-21-10(2)14(27-17)12-5-7-20-16(22-12)11-3-4-11/h5,7,9,11,13H,3-4,6,8H2,1-2H3,(H2,19,25)(H,21,23,26)/t9-,13-/m0/s1.